The lowest BCUT2D eigenvalue weighted by molar-refractivity contribution is -0.137. The van der Waals surface area contributed by atoms with Crippen molar-refractivity contribution in [3.05, 3.63) is 52.8 Å². The van der Waals surface area contributed by atoms with Crippen LogP contribution >= 0.6 is 11.6 Å². The lowest BCUT2D eigenvalue weighted by Crippen LogP contribution is -2.04. The number of aldehydes is 1. The maximum atomic E-state index is 12.6. The van der Waals surface area contributed by atoms with Crippen molar-refractivity contribution in [3.63, 3.8) is 0 Å². The van der Waals surface area contributed by atoms with Gasteiger partial charge in [0, 0.05) is 11.8 Å². The van der Waals surface area contributed by atoms with Gasteiger partial charge in [0.15, 0.2) is 6.29 Å². The zero-order valence-electron chi connectivity index (χ0n) is 9.41. The van der Waals surface area contributed by atoms with Crippen molar-refractivity contribution in [1.29, 1.82) is 0 Å². The molecule has 2 rings (SSSR count). The van der Waals surface area contributed by atoms with Crippen molar-refractivity contribution in [2.24, 2.45) is 0 Å². The van der Waals surface area contributed by atoms with Crippen LogP contribution in [0.5, 0.6) is 0 Å². The molecule has 0 aliphatic carbocycles. The van der Waals surface area contributed by atoms with Gasteiger partial charge in [-0.05, 0) is 23.8 Å². The van der Waals surface area contributed by atoms with Gasteiger partial charge >= 0.3 is 6.18 Å². The fraction of sp³-hybridized carbons (Fsp3) is 0.0769. The van der Waals surface area contributed by atoms with E-state index in [1.165, 1.54) is 24.4 Å². The van der Waals surface area contributed by atoms with Crippen LogP contribution in [0.15, 0.2) is 36.5 Å². The summed E-state index contributed by atoms with van der Waals surface area (Å²) >= 11 is 5.75. The Balaban J connectivity index is 2.59. The van der Waals surface area contributed by atoms with Gasteiger partial charge < -0.3 is 0 Å². The largest absolute Gasteiger partial charge is 0.416 e. The van der Waals surface area contributed by atoms with Gasteiger partial charge in [-0.25, -0.2) is 0 Å². The van der Waals surface area contributed by atoms with Gasteiger partial charge in [0.2, 0.25) is 0 Å². The van der Waals surface area contributed by atoms with Gasteiger partial charge in [0.25, 0.3) is 0 Å². The number of rotatable bonds is 2. The monoisotopic (exact) mass is 285 g/mol. The van der Waals surface area contributed by atoms with Crippen LogP contribution in [0.4, 0.5) is 13.2 Å². The predicted octanol–water partition coefficient (Wildman–Crippen LogP) is 4.23. The summed E-state index contributed by atoms with van der Waals surface area (Å²) in [7, 11) is 0. The van der Waals surface area contributed by atoms with Gasteiger partial charge in [-0.3, -0.25) is 9.78 Å². The number of carbonyl (C=O) groups is 1. The molecule has 1 aromatic heterocycles. The fourth-order valence-electron chi connectivity index (χ4n) is 1.64. The number of pyridine rings is 1. The zero-order valence-corrected chi connectivity index (χ0v) is 10.2. The van der Waals surface area contributed by atoms with E-state index >= 15 is 0 Å². The summed E-state index contributed by atoms with van der Waals surface area (Å²) in [6.07, 6.45) is -2.70. The molecule has 0 radical (unpaired) electrons. The minimum atomic E-state index is -4.44. The lowest BCUT2D eigenvalue weighted by atomic mass is 10.0. The minimum absolute atomic E-state index is 0.0451. The molecule has 0 bridgehead atoms. The number of hydrogen-bond donors (Lipinski definition) is 0. The van der Waals surface area contributed by atoms with E-state index < -0.39 is 11.7 Å². The molecule has 1 aromatic carbocycles. The van der Waals surface area contributed by atoms with Gasteiger partial charge in [-0.15, -0.1) is 0 Å². The first-order valence-corrected chi connectivity index (χ1v) is 5.58. The van der Waals surface area contributed by atoms with Crippen molar-refractivity contribution < 1.29 is 18.0 Å². The summed E-state index contributed by atoms with van der Waals surface area (Å²) in [6.45, 7) is 0. The molecule has 0 aliphatic rings. The Morgan fingerprint density at radius 1 is 1.21 bits per heavy atom. The number of aromatic nitrogens is 1. The standard InChI is InChI=1S/C13H7ClF3NO/c14-10-5-11(12(7-19)18-6-10)8-2-1-3-9(4-8)13(15,16)17/h1-7H. The van der Waals surface area contributed by atoms with E-state index in [1.54, 1.807) is 0 Å². The molecule has 0 fully saturated rings. The molecule has 0 spiro atoms. The van der Waals surface area contributed by atoms with Crippen LogP contribution in [0.1, 0.15) is 16.1 Å². The van der Waals surface area contributed by atoms with Crippen LogP contribution in [0.2, 0.25) is 5.02 Å². The summed E-state index contributed by atoms with van der Waals surface area (Å²) in [6, 6.07) is 6.07. The van der Waals surface area contributed by atoms with E-state index in [9.17, 15) is 18.0 Å². The van der Waals surface area contributed by atoms with Crippen LogP contribution in [0.3, 0.4) is 0 Å². The number of halogens is 4. The maximum absolute atomic E-state index is 12.6. The smallest absolute Gasteiger partial charge is 0.296 e. The second-order valence-electron chi connectivity index (χ2n) is 3.78. The third kappa shape index (κ3) is 2.93. The van der Waals surface area contributed by atoms with Crippen LogP contribution in [-0.2, 0) is 6.18 Å². The second kappa shape index (κ2) is 5.01. The van der Waals surface area contributed by atoms with E-state index in [0.717, 1.165) is 12.1 Å². The first-order chi connectivity index (χ1) is 8.91. The van der Waals surface area contributed by atoms with Crippen molar-refractivity contribution in [3.8, 4) is 11.1 Å². The SMILES string of the molecule is O=Cc1ncc(Cl)cc1-c1cccc(C(F)(F)F)c1. The van der Waals surface area contributed by atoms with E-state index in [0.29, 0.717) is 6.29 Å². The summed E-state index contributed by atoms with van der Waals surface area (Å²) in [5, 5.41) is 0.248. The Morgan fingerprint density at radius 3 is 2.58 bits per heavy atom. The Hall–Kier alpha value is -1.88. The van der Waals surface area contributed by atoms with Crippen molar-refractivity contribution in [2.45, 2.75) is 6.18 Å². The number of nitrogens with zero attached hydrogens (tertiary/aromatic N) is 1. The minimum Gasteiger partial charge on any atom is -0.296 e. The molecular formula is C13H7ClF3NO. The molecule has 98 valence electrons. The summed E-state index contributed by atoms with van der Waals surface area (Å²) < 4.78 is 37.9. The van der Waals surface area contributed by atoms with E-state index in [1.807, 2.05) is 0 Å². The highest BCUT2D eigenvalue weighted by atomic mass is 35.5. The number of alkyl halides is 3. The molecule has 0 saturated heterocycles. The molecule has 6 heteroatoms. The molecule has 0 unspecified atom stereocenters. The van der Waals surface area contributed by atoms with E-state index in [4.69, 9.17) is 11.6 Å². The van der Waals surface area contributed by atoms with Crippen molar-refractivity contribution >= 4 is 17.9 Å². The van der Waals surface area contributed by atoms with Crippen LogP contribution in [-0.4, -0.2) is 11.3 Å². The van der Waals surface area contributed by atoms with Gasteiger partial charge in [0.05, 0.1) is 10.6 Å². The third-order valence-corrected chi connectivity index (χ3v) is 2.70. The molecule has 2 nitrogen and oxygen atoms in total. The summed E-state index contributed by atoms with van der Waals surface area (Å²) in [4.78, 5) is 14.6. The average molecular weight is 286 g/mol. The van der Waals surface area contributed by atoms with Crippen LogP contribution in [0, 0.1) is 0 Å². The highest BCUT2D eigenvalue weighted by Crippen LogP contribution is 2.33. The maximum Gasteiger partial charge on any atom is 0.416 e. The molecule has 0 saturated carbocycles. The highest BCUT2D eigenvalue weighted by molar-refractivity contribution is 6.30. The predicted molar refractivity (Wildman–Crippen MR) is 65.1 cm³/mol. The average Bonchev–Trinajstić information content (AvgIpc) is 2.38. The zero-order chi connectivity index (χ0) is 14.0. The summed E-state index contributed by atoms with van der Waals surface area (Å²) in [5.41, 5.74) is -0.230. The van der Waals surface area contributed by atoms with Crippen LogP contribution in [0.25, 0.3) is 11.1 Å². The topological polar surface area (TPSA) is 30.0 Å². The third-order valence-electron chi connectivity index (χ3n) is 2.50. The number of benzene rings is 1. The van der Waals surface area contributed by atoms with Gasteiger partial charge in [-0.1, -0.05) is 23.7 Å². The Labute approximate surface area is 111 Å². The van der Waals surface area contributed by atoms with E-state index in [2.05, 4.69) is 4.98 Å². The normalized spacial score (nSPS) is 11.4. The van der Waals surface area contributed by atoms with Gasteiger partial charge in [-0.2, -0.15) is 13.2 Å². The van der Waals surface area contributed by atoms with E-state index in [-0.39, 0.29) is 21.8 Å². The highest BCUT2D eigenvalue weighted by Gasteiger charge is 2.30. The van der Waals surface area contributed by atoms with Crippen molar-refractivity contribution in [2.75, 3.05) is 0 Å². The Bertz CT molecular complexity index is 626. The molecular weight excluding hydrogens is 279 g/mol. The first kappa shape index (κ1) is 13.5. The quantitative estimate of drug-likeness (QED) is 0.773. The molecule has 2 aromatic rings. The first-order valence-electron chi connectivity index (χ1n) is 5.20. The molecule has 19 heavy (non-hydrogen) atoms. The Kier molecular flexibility index (Phi) is 3.57. The van der Waals surface area contributed by atoms with Gasteiger partial charge in [0.1, 0.15) is 5.69 Å². The molecule has 0 N–H and O–H groups in total. The molecule has 0 aliphatic heterocycles. The van der Waals surface area contributed by atoms with Crippen LogP contribution < -0.4 is 0 Å². The molecule has 0 atom stereocenters. The number of carbonyl (C=O) groups excluding carboxylic acids is 1. The van der Waals surface area contributed by atoms with Crippen molar-refractivity contribution in [1.82, 2.24) is 4.98 Å². The Morgan fingerprint density at radius 2 is 1.95 bits per heavy atom. The lowest BCUT2D eigenvalue weighted by Gasteiger charge is -2.10. The molecule has 0 amide bonds. The number of hydrogen-bond acceptors (Lipinski definition) is 2. The second-order valence-corrected chi connectivity index (χ2v) is 4.22. The molecule has 1 heterocycles. The summed E-state index contributed by atoms with van der Waals surface area (Å²) in [5.74, 6) is 0. The fourth-order valence-corrected chi connectivity index (χ4v) is 1.80.